The van der Waals surface area contributed by atoms with Crippen LogP contribution in [0.4, 0.5) is 5.82 Å². The van der Waals surface area contributed by atoms with Gasteiger partial charge in [0.1, 0.15) is 5.82 Å². The quantitative estimate of drug-likeness (QED) is 0.888. The number of carbonyl (C=O) groups is 1. The predicted octanol–water partition coefficient (Wildman–Crippen LogP) is 2.63. The predicted molar refractivity (Wildman–Crippen MR) is 80.9 cm³/mol. The Morgan fingerprint density at radius 3 is 2.80 bits per heavy atom. The highest BCUT2D eigenvalue weighted by Gasteiger charge is 2.14. The molecular formula is C14H18N4OS. The van der Waals surface area contributed by atoms with Gasteiger partial charge in [-0.1, -0.05) is 13.0 Å². The van der Waals surface area contributed by atoms with Gasteiger partial charge in [0.15, 0.2) is 5.69 Å². The standard InChI is InChI=1S/C14H18N4OS/c1-3-8-15-13-7-6-12(16-17-13)14(19)18(2)10-11-5-4-9-20-11/h4-7,9H,3,8,10H2,1-2H3,(H,15,17). The number of anilines is 1. The van der Waals surface area contributed by atoms with Crippen LogP contribution in [0.15, 0.2) is 29.6 Å². The van der Waals surface area contributed by atoms with Gasteiger partial charge in [-0.3, -0.25) is 4.79 Å². The average molecular weight is 290 g/mol. The number of rotatable bonds is 6. The minimum atomic E-state index is -0.118. The van der Waals surface area contributed by atoms with Gasteiger partial charge < -0.3 is 10.2 Å². The summed E-state index contributed by atoms with van der Waals surface area (Å²) in [4.78, 5) is 15.0. The molecule has 0 saturated heterocycles. The molecule has 2 heterocycles. The van der Waals surface area contributed by atoms with Crippen molar-refractivity contribution in [2.75, 3.05) is 18.9 Å². The van der Waals surface area contributed by atoms with E-state index in [1.807, 2.05) is 17.5 Å². The Bertz CT molecular complexity index is 539. The van der Waals surface area contributed by atoms with Gasteiger partial charge in [0.25, 0.3) is 5.91 Å². The van der Waals surface area contributed by atoms with Crippen molar-refractivity contribution >= 4 is 23.1 Å². The number of amides is 1. The maximum absolute atomic E-state index is 12.2. The van der Waals surface area contributed by atoms with Crippen molar-refractivity contribution in [2.45, 2.75) is 19.9 Å². The van der Waals surface area contributed by atoms with E-state index in [0.29, 0.717) is 18.1 Å². The molecule has 1 N–H and O–H groups in total. The molecule has 0 bridgehead atoms. The van der Waals surface area contributed by atoms with Crippen LogP contribution in [0.1, 0.15) is 28.7 Å². The van der Waals surface area contributed by atoms with Crippen LogP contribution in [0, 0.1) is 0 Å². The molecule has 0 spiro atoms. The Kier molecular flexibility index (Phi) is 5.06. The molecule has 0 aliphatic rings. The van der Waals surface area contributed by atoms with Crippen molar-refractivity contribution in [2.24, 2.45) is 0 Å². The van der Waals surface area contributed by atoms with Crippen LogP contribution >= 0.6 is 11.3 Å². The molecule has 0 aliphatic carbocycles. The number of nitrogens with zero attached hydrogens (tertiary/aromatic N) is 3. The van der Waals surface area contributed by atoms with Gasteiger partial charge in [-0.25, -0.2) is 0 Å². The molecule has 2 rings (SSSR count). The highest BCUT2D eigenvalue weighted by molar-refractivity contribution is 7.09. The van der Waals surface area contributed by atoms with Crippen molar-refractivity contribution in [3.63, 3.8) is 0 Å². The molecule has 0 saturated carbocycles. The maximum Gasteiger partial charge on any atom is 0.274 e. The van der Waals surface area contributed by atoms with Crippen molar-refractivity contribution < 1.29 is 4.79 Å². The summed E-state index contributed by atoms with van der Waals surface area (Å²) < 4.78 is 0. The highest BCUT2D eigenvalue weighted by atomic mass is 32.1. The van der Waals surface area contributed by atoms with Gasteiger partial charge in [-0.15, -0.1) is 21.5 Å². The Morgan fingerprint density at radius 1 is 1.35 bits per heavy atom. The van der Waals surface area contributed by atoms with E-state index in [-0.39, 0.29) is 5.91 Å². The number of hydrogen-bond donors (Lipinski definition) is 1. The largest absolute Gasteiger partial charge is 0.369 e. The molecule has 2 aromatic rings. The molecule has 5 nitrogen and oxygen atoms in total. The molecule has 0 aromatic carbocycles. The normalized spacial score (nSPS) is 10.3. The number of hydrogen-bond acceptors (Lipinski definition) is 5. The summed E-state index contributed by atoms with van der Waals surface area (Å²) in [5.41, 5.74) is 0.367. The minimum absolute atomic E-state index is 0.118. The number of nitrogens with one attached hydrogen (secondary N) is 1. The van der Waals surface area contributed by atoms with Crippen molar-refractivity contribution in [1.82, 2.24) is 15.1 Å². The molecule has 0 atom stereocenters. The second kappa shape index (κ2) is 7.00. The highest BCUT2D eigenvalue weighted by Crippen LogP contribution is 2.12. The first-order valence-corrected chi connectivity index (χ1v) is 7.44. The zero-order valence-corrected chi connectivity index (χ0v) is 12.5. The van der Waals surface area contributed by atoms with Crippen LogP contribution in [0.25, 0.3) is 0 Å². The topological polar surface area (TPSA) is 58.1 Å². The van der Waals surface area contributed by atoms with Gasteiger partial charge >= 0.3 is 0 Å². The van der Waals surface area contributed by atoms with E-state index >= 15 is 0 Å². The Hall–Kier alpha value is -1.95. The van der Waals surface area contributed by atoms with E-state index in [9.17, 15) is 4.79 Å². The monoisotopic (exact) mass is 290 g/mol. The first-order valence-electron chi connectivity index (χ1n) is 6.56. The summed E-state index contributed by atoms with van der Waals surface area (Å²) in [6.45, 7) is 3.52. The smallest absolute Gasteiger partial charge is 0.274 e. The van der Waals surface area contributed by atoms with Crippen LogP contribution < -0.4 is 5.32 Å². The molecule has 20 heavy (non-hydrogen) atoms. The molecule has 0 aliphatic heterocycles. The third kappa shape index (κ3) is 3.77. The fourth-order valence-electron chi connectivity index (χ4n) is 1.70. The van der Waals surface area contributed by atoms with Crippen LogP contribution in [0.2, 0.25) is 0 Å². The molecule has 1 amide bonds. The lowest BCUT2D eigenvalue weighted by Crippen LogP contribution is -2.27. The van der Waals surface area contributed by atoms with Crippen LogP contribution in [-0.4, -0.2) is 34.6 Å². The SMILES string of the molecule is CCCNc1ccc(C(=O)N(C)Cc2cccs2)nn1. The molecular weight excluding hydrogens is 272 g/mol. The van der Waals surface area contributed by atoms with Gasteiger partial charge in [0.05, 0.1) is 6.54 Å². The van der Waals surface area contributed by atoms with Gasteiger partial charge in [0, 0.05) is 18.5 Å². The van der Waals surface area contributed by atoms with Crippen molar-refractivity contribution in [3.8, 4) is 0 Å². The second-order valence-corrected chi connectivity index (χ2v) is 5.50. The van der Waals surface area contributed by atoms with E-state index in [0.717, 1.165) is 17.8 Å². The number of thiophene rings is 1. The van der Waals surface area contributed by atoms with Gasteiger partial charge in [0.2, 0.25) is 0 Å². The third-order valence-corrected chi connectivity index (χ3v) is 3.62. The molecule has 2 aromatic heterocycles. The zero-order chi connectivity index (χ0) is 14.4. The summed E-state index contributed by atoms with van der Waals surface area (Å²) in [7, 11) is 1.77. The summed E-state index contributed by atoms with van der Waals surface area (Å²) in [5, 5.41) is 13.1. The zero-order valence-electron chi connectivity index (χ0n) is 11.7. The number of carbonyl (C=O) groups excluding carboxylic acids is 1. The third-order valence-electron chi connectivity index (χ3n) is 2.76. The maximum atomic E-state index is 12.2. The summed E-state index contributed by atoms with van der Waals surface area (Å²) >= 11 is 1.64. The molecule has 0 radical (unpaired) electrons. The second-order valence-electron chi connectivity index (χ2n) is 4.47. The van der Waals surface area contributed by atoms with E-state index in [1.54, 1.807) is 35.4 Å². The minimum Gasteiger partial charge on any atom is -0.369 e. The Balaban J connectivity index is 1.97. The first-order chi connectivity index (χ1) is 9.70. The van der Waals surface area contributed by atoms with E-state index in [1.165, 1.54) is 0 Å². The lowest BCUT2D eigenvalue weighted by Gasteiger charge is -2.15. The van der Waals surface area contributed by atoms with Crippen molar-refractivity contribution in [3.05, 3.63) is 40.2 Å². The van der Waals surface area contributed by atoms with E-state index in [4.69, 9.17) is 0 Å². The lowest BCUT2D eigenvalue weighted by molar-refractivity contribution is 0.0779. The molecule has 0 unspecified atom stereocenters. The van der Waals surface area contributed by atoms with Gasteiger partial charge in [-0.2, -0.15) is 0 Å². The fraction of sp³-hybridized carbons (Fsp3) is 0.357. The fourth-order valence-corrected chi connectivity index (χ4v) is 2.45. The summed E-state index contributed by atoms with van der Waals surface area (Å²) in [6.07, 6.45) is 1.02. The van der Waals surface area contributed by atoms with Crippen LogP contribution in [0.3, 0.4) is 0 Å². The molecule has 6 heteroatoms. The van der Waals surface area contributed by atoms with Crippen LogP contribution in [0.5, 0.6) is 0 Å². The molecule has 106 valence electrons. The Morgan fingerprint density at radius 2 is 2.20 bits per heavy atom. The number of aromatic nitrogens is 2. The van der Waals surface area contributed by atoms with E-state index < -0.39 is 0 Å². The van der Waals surface area contributed by atoms with E-state index in [2.05, 4.69) is 22.4 Å². The van der Waals surface area contributed by atoms with Gasteiger partial charge in [-0.05, 0) is 30.0 Å². The lowest BCUT2D eigenvalue weighted by atomic mass is 10.3. The Labute approximate surface area is 122 Å². The summed E-state index contributed by atoms with van der Waals surface area (Å²) in [5.74, 6) is 0.581. The average Bonchev–Trinajstić information content (AvgIpc) is 2.97. The van der Waals surface area contributed by atoms with Crippen molar-refractivity contribution in [1.29, 1.82) is 0 Å². The molecule has 0 fully saturated rings. The van der Waals surface area contributed by atoms with Crippen LogP contribution in [-0.2, 0) is 6.54 Å². The first kappa shape index (κ1) is 14.5. The summed E-state index contributed by atoms with van der Waals surface area (Å²) in [6, 6.07) is 7.48.